The van der Waals surface area contributed by atoms with Crippen molar-refractivity contribution < 1.29 is 4.74 Å². The van der Waals surface area contributed by atoms with Gasteiger partial charge in [0.15, 0.2) is 0 Å². The zero-order valence-corrected chi connectivity index (χ0v) is 10.4. The van der Waals surface area contributed by atoms with Gasteiger partial charge in [0, 0.05) is 11.6 Å². The number of rotatable bonds is 5. The summed E-state index contributed by atoms with van der Waals surface area (Å²) in [7, 11) is 1.64. The number of halogens is 2. The first-order valence-corrected chi connectivity index (χ1v) is 5.87. The van der Waals surface area contributed by atoms with Gasteiger partial charge < -0.3 is 10.1 Å². The van der Waals surface area contributed by atoms with Crippen LogP contribution in [0.1, 0.15) is 5.56 Å². The topological polar surface area (TPSA) is 21.3 Å². The lowest BCUT2D eigenvalue weighted by Crippen LogP contribution is -2.14. The zero-order chi connectivity index (χ0) is 10.4. The molecule has 1 rings (SSSR count). The van der Waals surface area contributed by atoms with Crippen molar-refractivity contribution in [1.82, 2.24) is 5.32 Å². The molecule has 1 aromatic carbocycles. The molecule has 0 aliphatic heterocycles. The van der Waals surface area contributed by atoms with E-state index in [-0.39, 0.29) is 0 Å². The Bertz CT molecular complexity index is 293. The third-order valence-corrected chi connectivity index (χ3v) is 2.67. The SMILES string of the molecule is COc1ccc(CCNCBr)c(Cl)c1. The summed E-state index contributed by atoms with van der Waals surface area (Å²) in [5.41, 5.74) is 1.95. The normalized spacial score (nSPS) is 10.2. The number of benzene rings is 1. The van der Waals surface area contributed by atoms with Crippen LogP contribution in [-0.4, -0.2) is 19.1 Å². The Kier molecular flexibility index (Phi) is 5.30. The van der Waals surface area contributed by atoms with Gasteiger partial charge in [-0.25, -0.2) is 0 Å². The van der Waals surface area contributed by atoms with Crippen molar-refractivity contribution in [3.8, 4) is 5.75 Å². The van der Waals surface area contributed by atoms with Gasteiger partial charge in [-0.05, 0) is 24.1 Å². The molecule has 1 aromatic rings. The standard InChI is InChI=1S/C10H13BrClNO/c1-14-9-3-2-8(10(12)6-9)4-5-13-7-11/h2-3,6,13H,4-5,7H2,1H3. The van der Waals surface area contributed by atoms with Crippen LogP contribution in [0, 0.1) is 0 Å². The smallest absolute Gasteiger partial charge is 0.120 e. The molecule has 0 unspecified atom stereocenters. The Morgan fingerprint density at radius 2 is 2.29 bits per heavy atom. The zero-order valence-electron chi connectivity index (χ0n) is 8.02. The van der Waals surface area contributed by atoms with E-state index in [1.165, 1.54) is 0 Å². The molecular weight excluding hydrogens is 265 g/mol. The maximum atomic E-state index is 6.07. The van der Waals surface area contributed by atoms with Crippen molar-refractivity contribution in [2.24, 2.45) is 0 Å². The minimum absolute atomic E-state index is 0.765. The van der Waals surface area contributed by atoms with E-state index in [2.05, 4.69) is 21.2 Å². The molecule has 14 heavy (non-hydrogen) atoms. The van der Waals surface area contributed by atoms with Crippen molar-refractivity contribution in [2.45, 2.75) is 6.42 Å². The molecule has 0 aliphatic carbocycles. The number of alkyl halides is 1. The van der Waals surface area contributed by atoms with Gasteiger partial charge in [0.2, 0.25) is 0 Å². The number of hydrogen-bond acceptors (Lipinski definition) is 2. The van der Waals surface area contributed by atoms with Crippen LogP contribution < -0.4 is 10.1 Å². The molecule has 0 amide bonds. The molecule has 0 aliphatic rings. The van der Waals surface area contributed by atoms with Crippen LogP contribution in [0.3, 0.4) is 0 Å². The lowest BCUT2D eigenvalue weighted by Gasteiger charge is -2.06. The van der Waals surface area contributed by atoms with Gasteiger partial charge in [-0.1, -0.05) is 33.6 Å². The summed E-state index contributed by atoms with van der Waals surface area (Å²) in [6.45, 7) is 0.914. The molecule has 0 radical (unpaired) electrons. The van der Waals surface area contributed by atoms with Crippen LogP contribution in [0.4, 0.5) is 0 Å². The molecule has 0 heterocycles. The van der Waals surface area contributed by atoms with Crippen LogP contribution in [0.25, 0.3) is 0 Å². The quantitative estimate of drug-likeness (QED) is 0.508. The molecule has 4 heteroatoms. The minimum Gasteiger partial charge on any atom is -0.497 e. The second-order valence-corrected chi connectivity index (χ2v) is 3.81. The van der Waals surface area contributed by atoms with Crippen LogP contribution in [0.5, 0.6) is 5.75 Å². The lowest BCUT2D eigenvalue weighted by atomic mass is 10.1. The fourth-order valence-corrected chi connectivity index (χ4v) is 1.69. The van der Waals surface area contributed by atoms with Crippen molar-refractivity contribution in [3.05, 3.63) is 28.8 Å². The van der Waals surface area contributed by atoms with E-state index in [4.69, 9.17) is 16.3 Å². The van der Waals surface area contributed by atoms with E-state index in [1.807, 2.05) is 18.2 Å². The molecule has 0 aromatic heterocycles. The van der Waals surface area contributed by atoms with Gasteiger partial charge in [0.1, 0.15) is 5.75 Å². The number of hydrogen-bond donors (Lipinski definition) is 1. The van der Waals surface area contributed by atoms with Gasteiger partial charge >= 0.3 is 0 Å². The lowest BCUT2D eigenvalue weighted by molar-refractivity contribution is 0.414. The van der Waals surface area contributed by atoms with Crippen LogP contribution in [-0.2, 0) is 6.42 Å². The number of ether oxygens (including phenoxy) is 1. The first-order chi connectivity index (χ1) is 6.77. The highest BCUT2D eigenvalue weighted by Gasteiger charge is 2.01. The molecule has 0 saturated carbocycles. The molecule has 0 spiro atoms. The summed E-state index contributed by atoms with van der Waals surface area (Å²) >= 11 is 9.37. The van der Waals surface area contributed by atoms with E-state index >= 15 is 0 Å². The minimum atomic E-state index is 0.765. The van der Waals surface area contributed by atoms with Crippen LogP contribution in [0.2, 0.25) is 5.02 Å². The maximum Gasteiger partial charge on any atom is 0.120 e. The number of nitrogens with one attached hydrogen (secondary N) is 1. The van der Waals surface area contributed by atoms with E-state index in [0.29, 0.717) is 0 Å². The molecule has 0 saturated heterocycles. The fraction of sp³-hybridized carbons (Fsp3) is 0.400. The molecule has 0 atom stereocenters. The summed E-state index contributed by atoms with van der Waals surface area (Å²) in [6.07, 6.45) is 0.925. The third-order valence-electron chi connectivity index (χ3n) is 1.93. The van der Waals surface area contributed by atoms with Crippen molar-refractivity contribution in [3.63, 3.8) is 0 Å². The molecule has 78 valence electrons. The summed E-state index contributed by atoms with van der Waals surface area (Å²) in [5, 5.41) is 3.94. The van der Waals surface area contributed by atoms with Crippen LogP contribution >= 0.6 is 27.5 Å². The highest BCUT2D eigenvalue weighted by atomic mass is 79.9. The number of methoxy groups -OCH3 is 1. The highest BCUT2D eigenvalue weighted by molar-refractivity contribution is 9.09. The summed E-state index contributed by atoms with van der Waals surface area (Å²) in [5.74, 6) is 0.798. The molecule has 0 bridgehead atoms. The Morgan fingerprint density at radius 1 is 1.50 bits per heavy atom. The second kappa shape index (κ2) is 6.27. The average molecular weight is 279 g/mol. The van der Waals surface area contributed by atoms with E-state index in [1.54, 1.807) is 7.11 Å². The molecule has 1 N–H and O–H groups in total. The second-order valence-electron chi connectivity index (χ2n) is 2.84. The fourth-order valence-electron chi connectivity index (χ4n) is 1.15. The van der Waals surface area contributed by atoms with Crippen molar-refractivity contribution in [2.75, 3.05) is 19.1 Å². The van der Waals surface area contributed by atoms with Crippen LogP contribution in [0.15, 0.2) is 18.2 Å². The van der Waals surface area contributed by atoms with Gasteiger partial charge in [-0.2, -0.15) is 0 Å². The largest absolute Gasteiger partial charge is 0.497 e. The van der Waals surface area contributed by atoms with Gasteiger partial charge in [-0.15, -0.1) is 0 Å². The Balaban J connectivity index is 2.59. The van der Waals surface area contributed by atoms with Gasteiger partial charge in [0.25, 0.3) is 0 Å². The first-order valence-electron chi connectivity index (χ1n) is 4.37. The van der Waals surface area contributed by atoms with Gasteiger partial charge in [0.05, 0.1) is 12.6 Å². The summed E-state index contributed by atoms with van der Waals surface area (Å²) < 4.78 is 5.07. The Morgan fingerprint density at radius 3 is 2.86 bits per heavy atom. The molecular formula is C10H13BrClNO. The van der Waals surface area contributed by atoms with E-state index in [0.717, 1.165) is 34.8 Å². The monoisotopic (exact) mass is 277 g/mol. The predicted molar refractivity (Wildman–Crippen MR) is 63.5 cm³/mol. The Labute approximate surface area is 97.7 Å². The first kappa shape index (κ1) is 11.8. The maximum absolute atomic E-state index is 6.07. The Hall–Kier alpha value is -0.250. The van der Waals surface area contributed by atoms with Crippen molar-refractivity contribution >= 4 is 27.5 Å². The predicted octanol–water partition coefficient (Wildman–Crippen LogP) is 2.83. The molecule has 0 fully saturated rings. The van der Waals surface area contributed by atoms with E-state index in [9.17, 15) is 0 Å². The van der Waals surface area contributed by atoms with Crippen molar-refractivity contribution in [1.29, 1.82) is 0 Å². The average Bonchev–Trinajstić information content (AvgIpc) is 2.20. The third kappa shape index (κ3) is 3.48. The summed E-state index contributed by atoms with van der Waals surface area (Å²) in [6, 6.07) is 5.76. The molecule has 2 nitrogen and oxygen atoms in total. The highest BCUT2D eigenvalue weighted by Crippen LogP contribution is 2.22. The summed E-state index contributed by atoms with van der Waals surface area (Å²) in [4.78, 5) is 0. The van der Waals surface area contributed by atoms with Gasteiger partial charge in [-0.3, -0.25) is 0 Å². The van der Waals surface area contributed by atoms with E-state index < -0.39 is 0 Å².